The van der Waals surface area contributed by atoms with Crippen molar-refractivity contribution < 1.29 is 9.53 Å². The smallest absolute Gasteiger partial charge is 0.244 e. The summed E-state index contributed by atoms with van der Waals surface area (Å²) in [6, 6.07) is 9.24. The fraction of sp³-hybridized carbons (Fsp3) is 0.500. The molecule has 1 aromatic rings. The molecule has 0 bridgehead atoms. The lowest BCUT2D eigenvalue weighted by Crippen LogP contribution is -2.22. The molecule has 0 spiro atoms. The molecule has 0 saturated heterocycles. The molecule has 0 heterocycles. The second-order valence-electron chi connectivity index (χ2n) is 6.55. The Hall–Kier alpha value is -2.35. The van der Waals surface area contributed by atoms with E-state index in [1.54, 1.807) is 12.3 Å². The number of fused-ring (bicyclic) bond motifs is 1. The second-order valence-corrected chi connectivity index (χ2v) is 6.55. The molecule has 5 heteroatoms. The van der Waals surface area contributed by atoms with Gasteiger partial charge in [-0.1, -0.05) is 31.9 Å². The van der Waals surface area contributed by atoms with E-state index in [-0.39, 0.29) is 23.8 Å². The Bertz CT molecular complexity index is 664. The van der Waals surface area contributed by atoms with E-state index in [9.17, 15) is 4.79 Å². The van der Waals surface area contributed by atoms with Gasteiger partial charge in [-0.05, 0) is 36.3 Å². The van der Waals surface area contributed by atoms with Crippen LogP contribution in [0.15, 0.2) is 29.4 Å². The van der Waals surface area contributed by atoms with E-state index < -0.39 is 0 Å². The van der Waals surface area contributed by atoms with Crippen LogP contribution in [0.4, 0.5) is 0 Å². The van der Waals surface area contributed by atoms with Crippen molar-refractivity contribution in [2.24, 2.45) is 22.4 Å². The molecule has 120 valence electrons. The number of para-hydroxylation sites is 1. The molecule has 2 saturated carbocycles. The number of hydrogen-bond donors (Lipinski definition) is 1. The maximum Gasteiger partial charge on any atom is 0.244 e. The van der Waals surface area contributed by atoms with Gasteiger partial charge < -0.3 is 4.74 Å². The Kier molecular flexibility index (Phi) is 4.33. The fourth-order valence-corrected chi connectivity index (χ4v) is 3.91. The Morgan fingerprint density at radius 3 is 3.09 bits per heavy atom. The number of nitriles is 1. The number of hydrogen-bond acceptors (Lipinski definition) is 4. The highest BCUT2D eigenvalue weighted by Crippen LogP contribution is 2.66. The predicted octanol–water partition coefficient (Wildman–Crippen LogP) is 2.87. The number of amides is 1. The van der Waals surface area contributed by atoms with Crippen LogP contribution < -0.4 is 10.2 Å². The van der Waals surface area contributed by atoms with Crippen LogP contribution in [0.1, 0.15) is 38.2 Å². The molecular weight excluding hydrogens is 290 g/mol. The SMILES string of the molecule is C[C@@]12CCCC[C@H]1[C@@H]2C(=O)N/N=C\c1ccccc1OCC#N. The molecule has 2 aliphatic carbocycles. The largest absolute Gasteiger partial charge is 0.478 e. The number of benzene rings is 1. The first-order chi connectivity index (χ1) is 11.2. The fourth-order valence-electron chi connectivity index (χ4n) is 3.91. The van der Waals surface area contributed by atoms with Crippen molar-refractivity contribution in [3.8, 4) is 11.8 Å². The molecule has 1 amide bonds. The summed E-state index contributed by atoms with van der Waals surface area (Å²) in [5, 5.41) is 12.7. The van der Waals surface area contributed by atoms with Crippen LogP contribution in [0.3, 0.4) is 0 Å². The first kappa shape index (κ1) is 15.5. The van der Waals surface area contributed by atoms with Gasteiger partial charge >= 0.3 is 0 Å². The number of nitrogens with zero attached hydrogens (tertiary/aromatic N) is 2. The lowest BCUT2D eigenvalue weighted by molar-refractivity contribution is -0.123. The van der Waals surface area contributed by atoms with Gasteiger partial charge in [-0.15, -0.1) is 0 Å². The van der Waals surface area contributed by atoms with Crippen molar-refractivity contribution in [1.82, 2.24) is 5.43 Å². The Morgan fingerprint density at radius 1 is 1.52 bits per heavy atom. The van der Waals surface area contributed by atoms with E-state index in [0.717, 1.165) is 18.4 Å². The Labute approximate surface area is 136 Å². The summed E-state index contributed by atoms with van der Waals surface area (Å²) >= 11 is 0. The third-order valence-corrected chi connectivity index (χ3v) is 5.20. The third-order valence-electron chi connectivity index (χ3n) is 5.20. The first-order valence-corrected chi connectivity index (χ1v) is 8.08. The molecule has 2 fully saturated rings. The molecule has 0 radical (unpaired) electrons. The minimum atomic E-state index is -0.0146. The normalized spacial score (nSPS) is 28.7. The van der Waals surface area contributed by atoms with Crippen molar-refractivity contribution in [3.63, 3.8) is 0 Å². The van der Waals surface area contributed by atoms with Crippen LogP contribution in [-0.2, 0) is 4.79 Å². The monoisotopic (exact) mass is 311 g/mol. The third kappa shape index (κ3) is 3.07. The highest BCUT2D eigenvalue weighted by atomic mass is 16.5. The van der Waals surface area contributed by atoms with E-state index >= 15 is 0 Å². The van der Waals surface area contributed by atoms with Gasteiger partial charge in [-0.25, -0.2) is 5.43 Å². The molecule has 3 rings (SSSR count). The summed E-state index contributed by atoms with van der Waals surface area (Å²) < 4.78 is 5.33. The quantitative estimate of drug-likeness (QED) is 0.671. The predicted molar refractivity (Wildman–Crippen MR) is 86.8 cm³/mol. The van der Waals surface area contributed by atoms with Crippen LogP contribution >= 0.6 is 0 Å². The zero-order valence-electron chi connectivity index (χ0n) is 13.3. The Morgan fingerprint density at radius 2 is 2.35 bits per heavy atom. The van der Waals surface area contributed by atoms with Crippen LogP contribution in [0.5, 0.6) is 5.75 Å². The van der Waals surface area contributed by atoms with Crippen molar-refractivity contribution in [3.05, 3.63) is 29.8 Å². The molecule has 23 heavy (non-hydrogen) atoms. The molecular formula is C18H21N3O2. The zero-order valence-corrected chi connectivity index (χ0v) is 13.3. The summed E-state index contributed by atoms with van der Waals surface area (Å²) in [6.45, 7) is 2.20. The summed E-state index contributed by atoms with van der Waals surface area (Å²) in [5.41, 5.74) is 3.59. The highest BCUT2D eigenvalue weighted by molar-refractivity contribution is 5.87. The molecule has 3 atom stereocenters. The van der Waals surface area contributed by atoms with Crippen LogP contribution in [-0.4, -0.2) is 18.7 Å². The molecule has 1 N–H and O–H groups in total. The summed E-state index contributed by atoms with van der Waals surface area (Å²) in [7, 11) is 0. The van der Waals surface area contributed by atoms with Crippen molar-refractivity contribution in [2.75, 3.05) is 6.61 Å². The number of nitrogens with one attached hydrogen (secondary N) is 1. The van der Waals surface area contributed by atoms with Crippen molar-refractivity contribution in [2.45, 2.75) is 32.6 Å². The average molecular weight is 311 g/mol. The van der Waals surface area contributed by atoms with Gasteiger partial charge in [0.25, 0.3) is 0 Å². The summed E-state index contributed by atoms with van der Waals surface area (Å²) in [4.78, 5) is 12.3. The number of rotatable bonds is 5. The lowest BCUT2D eigenvalue weighted by Gasteiger charge is -2.15. The van der Waals surface area contributed by atoms with E-state index in [4.69, 9.17) is 10.00 Å². The van der Waals surface area contributed by atoms with Gasteiger partial charge in [-0.2, -0.15) is 10.4 Å². The molecule has 0 unspecified atom stereocenters. The topological polar surface area (TPSA) is 74.5 Å². The van der Waals surface area contributed by atoms with E-state index in [1.807, 2.05) is 24.3 Å². The first-order valence-electron chi connectivity index (χ1n) is 8.08. The van der Waals surface area contributed by atoms with Gasteiger partial charge in [-0.3, -0.25) is 4.79 Å². The number of carbonyl (C=O) groups excluding carboxylic acids is 1. The van der Waals surface area contributed by atoms with Crippen LogP contribution in [0.25, 0.3) is 0 Å². The molecule has 5 nitrogen and oxygen atoms in total. The van der Waals surface area contributed by atoms with E-state index in [1.165, 1.54) is 12.8 Å². The van der Waals surface area contributed by atoms with Gasteiger partial charge in [0, 0.05) is 11.5 Å². The van der Waals surface area contributed by atoms with Crippen molar-refractivity contribution in [1.29, 1.82) is 5.26 Å². The van der Waals surface area contributed by atoms with Crippen molar-refractivity contribution >= 4 is 12.1 Å². The number of ether oxygens (including phenoxy) is 1. The minimum absolute atomic E-state index is 0.0146. The van der Waals surface area contributed by atoms with Gasteiger partial charge in [0.2, 0.25) is 5.91 Å². The molecule has 1 aromatic carbocycles. The molecule has 0 aliphatic heterocycles. The molecule has 2 aliphatic rings. The van der Waals surface area contributed by atoms with Gasteiger partial charge in [0.1, 0.15) is 11.8 Å². The van der Waals surface area contributed by atoms with Crippen LogP contribution in [0, 0.1) is 28.6 Å². The van der Waals surface area contributed by atoms with Gasteiger partial charge in [0.05, 0.1) is 6.21 Å². The minimum Gasteiger partial charge on any atom is -0.478 e. The summed E-state index contributed by atoms with van der Waals surface area (Å²) in [5.74, 6) is 1.23. The highest BCUT2D eigenvalue weighted by Gasteiger charge is 2.64. The number of carbonyl (C=O) groups is 1. The van der Waals surface area contributed by atoms with Gasteiger partial charge in [0.15, 0.2) is 6.61 Å². The maximum absolute atomic E-state index is 12.3. The van der Waals surface area contributed by atoms with E-state index in [0.29, 0.717) is 11.7 Å². The standard InChI is InChI=1S/C18H21N3O2/c1-18-9-5-4-7-14(18)16(18)17(22)21-20-12-13-6-2-3-8-15(13)23-11-10-19/h2-3,6,8,12,14,16H,4-5,7,9,11H2,1H3,(H,21,22)/b20-12-/t14-,16+,18+/m0/s1. The lowest BCUT2D eigenvalue weighted by atomic mass is 9.90. The maximum atomic E-state index is 12.3. The zero-order chi connectivity index (χ0) is 16.3. The number of hydrazone groups is 1. The molecule has 0 aromatic heterocycles. The average Bonchev–Trinajstić information content (AvgIpc) is 3.19. The van der Waals surface area contributed by atoms with E-state index in [2.05, 4.69) is 17.5 Å². The second kappa shape index (κ2) is 6.41. The summed E-state index contributed by atoms with van der Waals surface area (Å²) in [6.07, 6.45) is 6.33. The van der Waals surface area contributed by atoms with Crippen LogP contribution in [0.2, 0.25) is 0 Å². The Balaban J connectivity index is 1.59.